The maximum absolute atomic E-state index is 5.99. The average Bonchev–Trinajstić information content (AvgIpc) is 3.00. The third-order valence-corrected chi connectivity index (χ3v) is 3.77. The Morgan fingerprint density at radius 3 is 2.88 bits per heavy atom. The molecule has 17 heavy (non-hydrogen) atoms. The van der Waals surface area contributed by atoms with Crippen LogP contribution in [0.3, 0.4) is 0 Å². The molecule has 0 amide bonds. The predicted molar refractivity (Wildman–Crippen MR) is 69.4 cm³/mol. The molecule has 1 aliphatic heterocycles. The fourth-order valence-corrected chi connectivity index (χ4v) is 2.51. The molecule has 92 valence electrons. The lowest BCUT2D eigenvalue weighted by atomic mass is 10.0. The summed E-state index contributed by atoms with van der Waals surface area (Å²) in [6.07, 6.45) is 5.22. The van der Waals surface area contributed by atoms with Crippen LogP contribution in [0.15, 0.2) is 18.2 Å². The lowest BCUT2D eigenvalue weighted by molar-refractivity contribution is 0.294. The summed E-state index contributed by atoms with van der Waals surface area (Å²) in [5.41, 5.74) is 2.69. The molecule has 1 aromatic rings. The zero-order valence-corrected chi connectivity index (χ0v) is 10.5. The minimum atomic E-state index is 0.504. The quantitative estimate of drug-likeness (QED) is 0.859. The van der Waals surface area contributed by atoms with Crippen LogP contribution < -0.4 is 10.1 Å². The fraction of sp³-hybridized carbons (Fsp3) is 0.600. The molecule has 0 aromatic heterocycles. The SMILES string of the molecule is Cc1ccc(OCC2CC2)c(C2CCCN2)c1. The van der Waals surface area contributed by atoms with Crippen LogP contribution in [0, 0.1) is 12.8 Å². The second-order valence-electron chi connectivity index (χ2n) is 5.44. The van der Waals surface area contributed by atoms with E-state index in [1.165, 1.54) is 36.8 Å². The summed E-state index contributed by atoms with van der Waals surface area (Å²) in [6, 6.07) is 7.09. The third-order valence-electron chi connectivity index (χ3n) is 3.77. The standard InChI is InChI=1S/C15H21NO/c1-11-4-7-15(17-10-12-5-6-12)13(9-11)14-3-2-8-16-14/h4,7,9,12,14,16H,2-3,5-6,8,10H2,1H3. The summed E-state index contributed by atoms with van der Waals surface area (Å²) in [7, 11) is 0. The van der Waals surface area contributed by atoms with Gasteiger partial charge in [0.05, 0.1) is 6.61 Å². The molecule has 1 heterocycles. The number of nitrogens with one attached hydrogen (secondary N) is 1. The van der Waals surface area contributed by atoms with Crippen LogP contribution in [0.1, 0.15) is 42.9 Å². The van der Waals surface area contributed by atoms with Crippen molar-refractivity contribution in [3.63, 3.8) is 0 Å². The van der Waals surface area contributed by atoms with Crippen LogP contribution in [0.5, 0.6) is 5.75 Å². The van der Waals surface area contributed by atoms with Crippen molar-refractivity contribution in [3.8, 4) is 5.75 Å². The highest BCUT2D eigenvalue weighted by atomic mass is 16.5. The first-order valence-corrected chi connectivity index (χ1v) is 6.79. The molecule has 2 heteroatoms. The van der Waals surface area contributed by atoms with Crippen LogP contribution in [-0.2, 0) is 0 Å². The minimum Gasteiger partial charge on any atom is -0.493 e. The van der Waals surface area contributed by atoms with Crippen LogP contribution in [-0.4, -0.2) is 13.2 Å². The van der Waals surface area contributed by atoms with Crippen molar-refractivity contribution < 1.29 is 4.74 Å². The highest BCUT2D eigenvalue weighted by molar-refractivity contribution is 5.39. The Labute approximate surface area is 103 Å². The van der Waals surface area contributed by atoms with Gasteiger partial charge >= 0.3 is 0 Å². The average molecular weight is 231 g/mol. The van der Waals surface area contributed by atoms with Gasteiger partial charge < -0.3 is 10.1 Å². The summed E-state index contributed by atoms with van der Waals surface area (Å²) in [4.78, 5) is 0. The van der Waals surface area contributed by atoms with E-state index in [1.54, 1.807) is 0 Å². The number of ether oxygens (including phenoxy) is 1. The molecule has 0 spiro atoms. The molecule has 2 fully saturated rings. The Bertz CT molecular complexity index is 392. The van der Waals surface area contributed by atoms with E-state index in [0.717, 1.165) is 24.8 Å². The zero-order chi connectivity index (χ0) is 11.7. The van der Waals surface area contributed by atoms with Gasteiger partial charge in [-0.05, 0) is 51.1 Å². The molecule has 1 unspecified atom stereocenters. The van der Waals surface area contributed by atoms with E-state index < -0.39 is 0 Å². The van der Waals surface area contributed by atoms with Crippen LogP contribution in [0.2, 0.25) is 0 Å². The molecule has 1 atom stereocenters. The van der Waals surface area contributed by atoms with Gasteiger partial charge in [-0.3, -0.25) is 0 Å². The minimum absolute atomic E-state index is 0.504. The molecule has 1 N–H and O–H groups in total. The van der Waals surface area contributed by atoms with Gasteiger partial charge in [0, 0.05) is 11.6 Å². The van der Waals surface area contributed by atoms with E-state index in [9.17, 15) is 0 Å². The molecule has 2 nitrogen and oxygen atoms in total. The van der Waals surface area contributed by atoms with E-state index in [4.69, 9.17) is 4.74 Å². The topological polar surface area (TPSA) is 21.3 Å². The predicted octanol–water partition coefficient (Wildman–Crippen LogP) is 3.21. The Kier molecular flexibility index (Phi) is 3.06. The lowest BCUT2D eigenvalue weighted by Gasteiger charge is -2.17. The Morgan fingerprint density at radius 1 is 1.29 bits per heavy atom. The smallest absolute Gasteiger partial charge is 0.124 e. The van der Waals surface area contributed by atoms with Gasteiger partial charge in [-0.1, -0.05) is 17.7 Å². The van der Waals surface area contributed by atoms with E-state index in [2.05, 4.69) is 30.4 Å². The second-order valence-corrected chi connectivity index (χ2v) is 5.44. The van der Waals surface area contributed by atoms with E-state index in [1.807, 2.05) is 0 Å². The molecule has 0 bridgehead atoms. The van der Waals surface area contributed by atoms with Gasteiger partial charge in [-0.2, -0.15) is 0 Å². The van der Waals surface area contributed by atoms with Gasteiger partial charge in [0.25, 0.3) is 0 Å². The first-order valence-electron chi connectivity index (χ1n) is 6.79. The van der Waals surface area contributed by atoms with Gasteiger partial charge in [0.2, 0.25) is 0 Å². The first-order chi connectivity index (χ1) is 8.33. The van der Waals surface area contributed by atoms with Gasteiger partial charge in [-0.25, -0.2) is 0 Å². The number of hydrogen-bond donors (Lipinski definition) is 1. The summed E-state index contributed by atoms with van der Waals surface area (Å²) < 4.78 is 5.99. The zero-order valence-electron chi connectivity index (χ0n) is 10.5. The van der Waals surface area contributed by atoms with Crippen molar-refractivity contribution >= 4 is 0 Å². The summed E-state index contributed by atoms with van der Waals surface area (Å²) in [5.74, 6) is 1.92. The second kappa shape index (κ2) is 4.69. The van der Waals surface area contributed by atoms with E-state index in [-0.39, 0.29) is 0 Å². The van der Waals surface area contributed by atoms with Crippen LogP contribution in [0.4, 0.5) is 0 Å². The molecule has 1 aliphatic carbocycles. The summed E-state index contributed by atoms with van der Waals surface area (Å²) in [6.45, 7) is 4.20. The lowest BCUT2D eigenvalue weighted by Crippen LogP contribution is -2.14. The molecule has 1 saturated carbocycles. The third kappa shape index (κ3) is 2.63. The number of hydrogen-bond acceptors (Lipinski definition) is 2. The fourth-order valence-electron chi connectivity index (χ4n) is 2.51. The molecular weight excluding hydrogens is 210 g/mol. The van der Waals surface area contributed by atoms with Crippen LogP contribution in [0.25, 0.3) is 0 Å². The number of aryl methyl sites for hydroxylation is 1. The van der Waals surface area contributed by atoms with Crippen molar-refractivity contribution in [3.05, 3.63) is 29.3 Å². The maximum atomic E-state index is 5.99. The van der Waals surface area contributed by atoms with Crippen molar-refractivity contribution in [2.45, 2.75) is 38.6 Å². The Balaban J connectivity index is 1.78. The van der Waals surface area contributed by atoms with Crippen LogP contribution >= 0.6 is 0 Å². The number of rotatable bonds is 4. The monoisotopic (exact) mass is 231 g/mol. The van der Waals surface area contributed by atoms with Crippen molar-refractivity contribution in [2.24, 2.45) is 5.92 Å². The van der Waals surface area contributed by atoms with Gasteiger partial charge in [0.15, 0.2) is 0 Å². The van der Waals surface area contributed by atoms with Gasteiger partial charge in [-0.15, -0.1) is 0 Å². The Morgan fingerprint density at radius 2 is 2.18 bits per heavy atom. The van der Waals surface area contributed by atoms with Gasteiger partial charge in [0.1, 0.15) is 5.75 Å². The van der Waals surface area contributed by atoms with Crippen molar-refractivity contribution in [2.75, 3.05) is 13.2 Å². The first kappa shape index (κ1) is 11.1. The van der Waals surface area contributed by atoms with E-state index in [0.29, 0.717) is 6.04 Å². The summed E-state index contributed by atoms with van der Waals surface area (Å²) in [5, 5.41) is 3.56. The van der Waals surface area contributed by atoms with E-state index >= 15 is 0 Å². The van der Waals surface area contributed by atoms with Crippen molar-refractivity contribution in [1.29, 1.82) is 0 Å². The highest BCUT2D eigenvalue weighted by Crippen LogP contribution is 2.34. The Hall–Kier alpha value is -1.02. The molecular formula is C15H21NO. The molecule has 1 aromatic carbocycles. The number of benzene rings is 1. The largest absolute Gasteiger partial charge is 0.493 e. The normalized spacial score (nSPS) is 23.9. The highest BCUT2D eigenvalue weighted by Gasteiger charge is 2.24. The summed E-state index contributed by atoms with van der Waals surface area (Å²) >= 11 is 0. The molecule has 3 rings (SSSR count). The molecule has 0 radical (unpaired) electrons. The molecule has 2 aliphatic rings. The molecule has 1 saturated heterocycles. The maximum Gasteiger partial charge on any atom is 0.124 e. The van der Waals surface area contributed by atoms with Crippen molar-refractivity contribution in [1.82, 2.24) is 5.32 Å².